The van der Waals surface area contributed by atoms with Crippen molar-refractivity contribution in [2.45, 2.75) is 34.2 Å². The zero-order valence-electron chi connectivity index (χ0n) is 14.5. The van der Waals surface area contributed by atoms with Crippen molar-refractivity contribution in [3.8, 4) is 0 Å². The maximum atomic E-state index is 12.7. The van der Waals surface area contributed by atoms with Gasteiger partial charge in [-0.25, -0.2) is 0 Å². The first kappa shape index (κ1) is 18.8. The molecule has 27 heavy (non-hydrogen) atoms. The smallest absolute Gasteiger partial charge is 0.348 e. The number of hydrogen-bond acceptors (Lipinski definition) is 4. The summed E-state index contributed by atoms with van der Waals surface area (Å²) in [5.41, 5.74) is 0.578. The second-order valence-corrected chi connectivity index (χ2v) is 9.52. The lowest BCUT2D eigenvalue weighted by atomic mass is 9.96. The van der Waals surface area contributed by atoms with Gasteiger partial charge in [-0.05, 0) is 61.7 Å². The topological polar surface area (TPSA) is 32.3 Å². The van der Waals surface area contributed by atoms with E-state index in [2.05, 4.69) is 10.2 Å². The summed E-state index contributed by atoms with van der Waals surface area (Å²) in [6.45, 7) is 3.19. The maximum absolute atomic E-state index is 12.7. The van der Waals surface area contributed by atoms with Gasteiger partial charge < -0.3 is 10.2 Å². The predicted octanol–water partition coefficient (Wildman–Crippen LogP) is 4.74. The monoisotopic (exact) mass is 412 g/mol. The number of rotatable bonds is 4. The quantitative estimate of drug-likeness (QED) is 0.787. The Morgan fingerprint density at radius 2 is 1.93 bits per heavy atom. The number of thiophene rings is 1. The number of piperidine rings is 1. The first-order chi connectivity index (χ1) is 12.9. The number of carbonyl (C=O) groups is 1. The minimum absolute atomic E-state index is 0.0884. The van der Waals surface area contributed by atoms with Gasteiger partial charge in [0.2, 0.25) is 0 Å². The fraction of sp³-hybridized carbons (Fsp3) is 0.421. The summed E-state index contributed by atoms with van der Waals surface area (Å²) in [5, 5.41) is 3.11. The number of halogens is 3. The maximum Gasteiger partial charge on any atom is 0.425 e. The van der Waals surface area contributed by atoms with Crippen molar-refractivity contribution in [2.75, 3.05) is 19.6 Å². The standard InChI is InChI=1S/C19H19F3N2OS2/c20-19(21,22)16-5-6-17(27-16)26-15-3-1-13(2-4-15)18(25)23-14-9-12-7-8-24(10-12)11-14/h1-6,12,14H,7-11H2,(H,23,25)/t12-,14-/m1/s1. The van der Waals surface area contributed by atoms with Crippen LogP contribution >= 0.6 is 23.1 Å². The molecule has 2 saturated heterocycles. The van der Waals surface area contributed by atoms with Crippen LogP contribution in [0.3, 0.4) is 0 Å². The minimum atomic E-state index is -4.30. The Morgan fingerprint density at radius 3 is 2.59 bits per heavy atom. The molecule has 1 unspecified atom stereocenters. The van der Waals surface area contributed by atoms with Gasteiger partial charge in [0.25, 0.3) is 5.91 Å². The van der Waals surface area contributed by atoms with Crippen LogP contribution < -0.4 is 5.32 Å². The van der Waals surface area contributed by atoms with Crippen LogP contribution in [0.15, 0.2) is 45.5 Å². The average Bonchev–Trinajstić information content (AvgIpc) is 3.22. The van der Waals surface area contributed by atoms with E-state index in [1.54, 1.807) is 24.3 Å². The van der Waals surface area contributed by atoms with Crippen LogP contribution in [0.1, 0.15) is 28.1 Å². The number of carbonyl (C=O) groups excluding carboxylic acids is 1. The summed E-state index contributed by atoms with van der Waals surface area (Å²) < 4.78 is 38.6. The molecule has 0 radical (unpaired) electrons. The van der Waals surface area contributed by atoms with Gasteiger partial charge >= 0.3 is 6.18 Å². The molecule has 1 N–H and O–H groups in total. The molecule has 0 saturated carbocycles. The van der Waals surface area contributed by atoms with E-state index in [4.69, 9.17) is 0 Å². The van der Waals surface area contributed by atoms with E-state index in [9.17, 15) is 18.0 Å². The molecular formula is C19H19F3N2OS2. The molecule has 8 heteroatoms. The van der Waals surface area contributed by atoms with Crippen molar-refractivity contribution in [3.05, 3.63) is 46.8 Å². The lowest BCUT2D eigenvalue weighted by Crippen LogP contribution is -2.47. The molecule has 3 atom stereocenters. The zero-order valence-corrected chi connectivity index (χ0v) is 16.1. The van der Waals surface area contributed by atoms with Crippen LogP contribution in [-0.4, -0.2) is 36.5 Å². The molecule has 2 aliphatic rings. The van der Waals surface area contributed by atoms with E-state index in [1.807, 2.05) is 0 Å². The van der Waals surface area contributed by atoms with Gasteiger partial charge in [-0.2, -0.15) is 13.2 Å². The molecule has 2 aromatic rings. The van der Waals surface area contributed by atoms with E-state index in [0.29, 0.717) is 15.7 Å². The van der Waals surface area contributed by atoms with E-state index in [-0.39, 0.29) is 11.9 Å². The second kappa shape index (κ2) is 7.48. The van der Waals surface area contributed by atoms with Crippen LogP contribution in [-0.2, 0) is 6.18 Å². The number of alkyl halides is 3. The molecule has 3 heterocycles. The van der Waals surface area contributed by atoms with Crippen molar-refractivity contribution in [1.29, 1.82) is 0 Å². The Labute approximate surface area is 163 Å². The number of hydrogen-bond donors (Lipinski definition) is 1. The molecule has 0 spiro atoms. The molecule has 1 aromatic carbocycles. The predicted molar refractivity (Wildman–Crippen MR) is 100 cm³/mol. The first-order valence-corrected chi connectivity index (χ1v) is 10.5. The Kier molecular flexibility index (Phi) is 5.22. The van der Waals surface area contributed by atoms with Gasteiger partial charge in [0.1, 0.15) is 4.88 Å². The van der Waals surface area contributed by atoms with Crippen molar-refractivity contribution in [1.82, 2.24) is 10.2 Å². The summed E-state index contributed by atoms with van der Waals surface area (Å²) in [6.07, 6.45) is -2.05. The SMILES string of the molecule is O=C(N[C@@H]1C[C@H]2CCN(C2)C1)c1ccc(Sc2ccc(C(F)(F)F)s2)cc1. The highest BCUT2D eigenvalue weighted by Crippen LogP contribution is 2.40. The van der Waals surface area contributed by atoms with Gasteiger partial charge in [-0.15, -0.1) is 11.3 Å². The summed E-state index contributed by atoms with van der Waals surface area (Å²) in [5.74, 6) is 0.602. The Bertz CT molecular complexity index is 807. The highest BCUT2D eigenvalue weighted by atomic mass is 32.2. The molecule has 0 aliphatic carbocycles. The molecule has 2 aliphatic heterocycles. The third kappa shape index (κ3) is 4.50. The number of amides is 1. The summed E-state index contributed by atoms with van der Waals surface area (Å²) in [6, 6.07) is 9.79. The van der Waals surface area contributed by atoms with Crippen molar-refractivity contribution >= 4 is 29.0 Å². The van der Waals surface area contributed by atoms with Crippen molar-refractivity contribution in [3.63, 3.8) is 0 Å². The van der Waals surface area contributed by atoms with Crippen LogP contribution in [0.4, 0.5) is 13.2 Å². The minimum Gasteiger partial charge on any atom is -0.348 e. The number of benzene rings is 1. The van der Waals surface area contributed by atoms with Crippen LogP contribution in [0.25, 0.3) is 0 Å². The molecule has 4 rings (SSSR count). The number of nitrogens with one attached hydrogen (secondary N) is 1. The third-order valence-electron chi connectivity index (χ3n) is 5.00. The number of nitrogens with zero attached hydrogens (tertiary/aromatic N) is 1. The molecule has 1 amide bonds. The highest BCUT2D eigenvalue weighted by molar-refractivity contribution is 8.01. The fourth-order valence-corrected chi connectivity index (χ4v) is 5.72. The van der Waals surface area contributed by atoms with Crippen LogP contribution in [0, 0.1) is 5.92 Å². The third-order valence-corrected chi connectivity index (χ3v) is 7.27. The molecule has 2 fully saturated rings. The lowest BCUT2D eigenvalue weighted by Gasteiger charge is -2.30. The van der Waals surface area contributed by atoms with E-state index in [1.165, 1.54) is 24.2 Å². The van der Waals surface area contributed by atoms with E-state index < -0.39 is 11.1 Å². The molecule has 144 valence electrons. The summed E-state index contributed by atoms with van der Waals surface area (Å²) in [7, 11) is 0. The Hall–Kier alpha value is -1.51. The first-order valence-electron chi connectivity index (χ1n) is 8.85. The average molecular weight is 413 g/mol. The van der Waals surface area contributed by atoms with Crippen LogP contribution in [0.5, 0.6) is 0 Å². The Morgan fingerprint density at radius 1 is 1.15 bits per heavy atom. The molecule has 1 aromatic heterocycles. The van der Waals surface area contributed by atoms with E-state index in [0.717, 1.165) is 48.4 Å². The molecular weight excluding hydrogens is 393 g/mol. The van der Waals surface area contributed by atoms with E-state index >= 15 is 0 Å². The fourth-order valence-electron chi connectivity index (χ4n) is 3.75. The van der Waals surface area contributed by atoms with Crippen LogP contribution in [0.2, 0.25) is 0 Å². The van der Waals surface area contributed by atoms with Gasteiger partial charge in [0.15, 0.2) is 0 Å². The summed E-state index contributed by atoms with van der Waals surface area (Å²) in [4.78, 5) is 15.1. The molecule has 3 nitrogen and oxygen atoms in total. The van der Waals surface area contributed by atoms with Gasteiger partial charge in [0, 0.05) is 29.6 Å². The van der Waals surface area contributed by atoms with Gasteiger partial charge in [-0.1, -0.05) is 11.8 Å². The summed E-state index contributed by atoms with van der Waals surface area (Å²) >= 11 is 2.00. The Balaban J connectivity index is 1.35. The largest absolute Gasteiger partial charge is 0.425 e. The highest BCUT2D eigenvalue weighted by Gasteiger charge is 2.33. The van der Waals surface area contributed by atoms with Crippen molar-refractivity contribution < 1.29 is 18.0 Å². The molecule has 2 bridgehead atoms. The lowest BCUT2D eigenvalue weighted by molar-refractivity contribution is -0.134. The zero-order chi connectivity index (χ0) is 19.0. The van der Waals surface area contributed by atoms with Gasteiger partial charge in [-0.3, -0.25) is 4.79 Å². The van der Waals surface area contributed by atoms with Crippen molar-refractivity contribution in [2.24, 2.45) is 5.92 Å². The second-order valence-electron chi connectivity index (χ2n) is 7.06. The normalized spacial score (nSPS) is 24.8. The number of fused-ring (bicyclic) bond motifs is 2. The van der Waals surface area contributed by atoms with Gasteiger partial charge in [0.05, 0.1) is 4.21 Å².